The molecule has 0 heterocycles. The van der Waals surface area contributed by atoms with Crippen LogP contribution in [0, 0.1) is 5.92 Å². The average Bonchev–Trinajstić information content (AvgIpc) is 2.42. The smallest absolute Gasteiger partial charge is 0.00140 e. The third kappa shape index (κ3) is 4.53. The Morgan fingerprint density at radius 1 is 1.05 bits per heavy atom. The Hall–Kier alpha value is -1.60. The van der Waals surface area contributed by atoms with Gasteiger partial charge < -0.3 is 5.32 Å². The molecule has 0 spiro atoms. The highest BCUT2D eigenvalue weighted by molar-refractivity contribution is 5.84. The molecule has 0 aliphatic rings. The van der Waals surface area contributed by atoms with Crippen LogP contribution in [0.25, 0.3) is 16.8 Å². The summed E-state index contributed by atoms with van der Waals surface area (Å²) in [6, 6.07) is 15.1. The Labute approximate surface area is 116 Å². The van der Waals surface area contributed by atoms with Crippen molar-refractivity contribution in [3.8, 4) is 0 Å². The van der Waals surface area contributed by atoms with Crippen LogP contribution in [0.2, 0.25) is 0 Å². The van der Waals surface area contributed by atoms with Gasteiger partial charge in [-0.25, -0.2) is 0 Å². The van der Waals surface area contributed by atoms with Crippen LogP contribution in [-0.4, -0.2) is 13.1 Å². The SMILES string of the molecule is CC(C)CNCCC=Cc1ccc2ccccc2c1. The number of fused-ring (bicyclic) bond motifs is 1. The van der Waals surface area contributed by atoms with E-state index < -0.39 is 0 Å². The quantitative estimate of drug-likeness (QED) is 0.748. The van der Waals surface area contributed by atoms with E-state index in [1.807, 2.05) is 0 Å². The van der Waals surface area contributed by atoms with Gasteiger partial charge in [0.1, 0.15) is 0 Å². The van der Waals surface area contributed by atoms with E-state index in [9.17, 15) is 0 Å². The predicted molar refractivity (Wildman–Crippen MR) is 85.3 cm³/mol. The molecule has 0 radical (unpaired) electrons. The molecule has 0 saturated heterocycles. The summed E-state index contributed by atoms with van der Waals surface area (Å²) in [6.07, 6.45) is 5.54. The zero-order valence-electron chi connectivity index (χ0n) is 11.9. The molecular weight excluding hydrogens is 230 g/mol. The van der Waals surface area contributed by atoms with Crippen molar-refractivity contribution in [2.24, 2.45) is 5.92 Å². The zero-order valence-corrected chi connectivity index (χ0v) is 11.9. The Balaban J connectivity index is 1.87. The van der Waals surface area contributed by atoms with Gasteiger partial charge in [-0.05, 0) is 47.8 Å². The highest BCUT2D eigenvalue weighted by atomic mass is 14.8. The first-order valence-electron chi connectivity index (χ1n) is 7.12. The Kier molecular flexibility index (Phi) is 5.17. The molecule has 0 saturated carbocycles. The molecule has 0 aliphatic carbocycles. The minimum atomic E-state index is 0.726. The van der Waals surface area contributed by atoms with E-state index in [2.05, 4.69) is 73.8 Å². The summed E-state index contributed by atoms with van der Waals surface area (Å²) >= 11 is 0. The van der Waals surface area contributed by atoms with Crippen LogP contribution in [0.3, 0.4) is 0 Å². The van der Waals surface area contributed by atoms with Crippen molar-refractivity contribution in [1.29, 1.82) is 0 Å². The van der Waals surface area contributed by atoms with Gasteiger partial charge >= 0.3 is 0 Å². The fourth-order valence-electron chi connectivity index (χ4n) is 2.11. The fourth-order valence-corrected chi connectivity index (χ4v) is 2.11. The van der Waals surface area contributed by atoms with Crippen LogP contribution in [0.15, 0.2) is 48.5 Å². The van der Waals surface area contributed by atoms with Gasteiger partial charge in [-0.1, -0.05) is 62.4 Å². The molecule has 0 fully saturated rings. The Bertz CT molecular complexity index is 540. The third-order valence-electron chi connectivity index (χ3n) is 3.12. The topological polar surface area (TPSA) is 12.0 Å². The fraction of sp³-hybridized carbons (Fsp3) is 0.333. The molecule has 0 unspecified atom stereocenters. The van der Waals surface area contributed by atoms with Crippen molar-refractivity contribution in [2.75, 3.05) is 13.1 Å². The highest BCUT2D eigenvalue weighted by Gasteiger charge is 1.93. The zero-order chi connectivity index (χ0) is 13.5. The molecule has 0 aromatic heterocycles. The van der Waals surface area contributed by atoms with Crippen LogP contribution in [-0.2, 0) is 0 Å². The van der Waals surface area contributed by atoms with E-state index in [1.165, 1.54) is 16.3 Å². The van der Waals surface area contributed by atoms with E-state index in [1.54, 1.807) is 0 Å². The van der Waals surface area contributed by atoms with E-state index in [0.717, 1.165) is 25.4 Å². The molecule has 2 aromatic rings. The number of rotatable bonds is 6. The van der Waals surface area contributed by atoms with Gasteiger partial charge in [-0.15, -0.1) is 0 Å². The number of hydrogen-bond donors (Lipinski definition) is 1. The van der Waals surface area contributed by atoms with Crippen LogP contribution < -0.4 is 5.32 Å². The molecule has 1 heteroatoms. The van der Waals surface area contributed by atoms with Crippen molar-refractivity contribution in [2.45, 2.75) is 20.3 Å². The summed E-state index contributed by atoms with van der Waals surface area (Å²) in [6.45, 7) is 6.63. The van der Waals surface area contributed by atoms with Crippen molar-refractivity contribution in [1.82, 2.24) is 5.32 Å². The second-order valence-electron chi connectivity index (χ2n) is 5.40. The van der Waals surface area contributed by atoms with Crippen LogP contribution in [0.4, 0.5) is 0 Å². The van der Waals surface area contributed by atoms with Crippen molar-refractivity contribution < 1.29 is 0 Å². The summed E-state index contributed by atoms with van der Waals surface area (Å²) in [4.78, 5) is 0. The van der Waals surface area contributed by atoms with Gasteiger partial charge in [0.25, 0.3) is 0 Å². The molecule has 0 bridgehead atoms. The summed E-state index contributed by atoms with van der Waals surface area (Å²) in [5.41, 5.74) is 1.28. The minimum Gasteiger partial charge on any atom is -0.316 e. The van der Waals surface area contributed by atoms with Gasteiger partial charge in [0, 0.05) is 0 Å². The van der Waals surface area contributed by atoms with Crippen molar-refractivity contribution >= 4 is 16.8 Å². The molecular formula is C18H23N. The van der Waals surface area contributed by atoms with E-state index in [-0.39, 0.29) is 0 Å². The highest BCUT2D eigenvalue weighted by Crippen LogP contribution is 2.16. The molecule has 2 rings (SSSR count). The van der Waals surface area contributed by atoms with Crippen molar-refractivity contribution in [3.63, 3.8) is 0 Å². The van der Waals surface area contributed by atoms with E-state index in [4.69, 9.17) is 0 Å². The maximum atomic E-state index is 3.45. The average molecular weight is 253 g/mol. The lowest BCUT2D eigenvalue weighted by Crippen LogP contribution is -2.20. The number of hydrogen-bond acceptors (Lipinski definition) is 1. The van der Waals surface area contributed by atoms with Crippen LogP contribution in [0.5, 0.6) is 0 Å². The normalized spacial score (nSPS) is 11.7. The van der Waals surface area contributed by atoms with Gasteiger partial charge in [-0.3, -0.25) is 0 Å². The maximum absolute atomic E-state index is 3.45. The standard InChI is InChI=1S/C18H23N/c1-15(2)14-19-12-6-5-7-16-10-11-17-8-3-4-9-18(17)13-16/h3-5,7-11,13,15,19H,6,12,14H2,1-2H3. The largest absolute Gasteiger partial charge is 0.316 e. The number of nitrogens with one attached hydrogen (secondary N) is 1. The van der Waals surface area contributed by atoms with Gasteiger partial charge in [0.15, 0.2) is 0 Å². The molecule has 1 nitrogen and oxygen atoms in total. The molecule has 0 atom stereocenters. The molecule has 100 valence electrons. The summed E-state index contributed by atoms with van der Waals surface area (Å²) in [7, 11) is 0. The molecule has 1 N–H and O–H groups in total. The lowest BCUT2D eigenvalue weighted by Gasteiger charge is -2.05. The number of benzene rings is 2. The Morgan fingerprint density at radius 2 is 1.84 bits per heavy atom. The molecule has 2 aromatic carbocycles. The third-order valence-corrected chi connectivity index (χ3v) is 3.12. The summed E-state index contributed by atoms with van der Waals surface area (Å²) in [5, 5.41) is 6.06. The first-order chi connectivity index (χ1) is 9.25. The lowest BCUT2D eigenvalue weighted by atomic mass is 10.1. The molecule has 0 aliphatic heterocycles. The first kappa shape index (κ1) is 13.8. The Morgan fingerprint density at radius 3 is 2.63 bits per heavy atom. The van der Waals surface area contributed by atoms with Gasteiger partial charge in [0.2, 0.25) is 0 Å². The lowest BCUT2D eigenvalue weighted by molar-refractivity contribution is 0.557. The molecule has 19 heavy (non-hydrogen) atoms. The van der Waals surface area contributed by atoms with Crippen molar-refractivity contribution in [3.05, 3.63) is 54.1 Å². The van der Waals surface area contributed by atoms with Gasteiger partial charge in [-0.2, -0.15) is 0 Å². The van der Waals surface area contributed by atoms with Crippen LogP contribution >= 0.6 is 0 Å². The van der Waals surface area contributed by atoms with E-state index in [0.29, 0.717) is 0 Å². The summed E-state index contributed by atoms with van der Waals surface area (Å²) < 4.78 is 0. The summed E-state index contributed by atoms with van der Waals surface area (Å²) in [5.74, 6) is 0.726. The maximum Gasteiger partial charge on any atom is -0.00140 e. The van der Waals surface area contributed by atoms with E-state index >= 15 is 0 Å². The van der Waals surface area contributed by atoms with Crippen LogP contribution in [0.1, 0.15) is 25.8 Å². The monoisotopic (exact) mass is 253 g/mol. The predicted octanol–water partition coefficient (Wildman–Crippen LogP) is 4.49. The second-order valence-corrected chi connectivity index (χ2v) is 5.40. The first-order valence-corrected chi connectivity index (χ1v) is 7.12. The second kappa shape index (κ2) is 7.10. The molecule has 0 amide bonds. The van der Waals surface area contributed by atoms with Gasteiger partial charge in [0.05, 0.1) is 0 Å². The minimum absolute atomic E-state index is 0.726.